The molecule has 3 aromatic carbocycles. The molecule has 0 saturated carbocycles. The Hall–Kier alpha value is -3.84. The highest BCUT2D eigenvalue weighted by Gasteiger charge is 2.14. The van der Waals surface area contributed by atoms with Crippen molar-refractivity contribution in [1.29, 1.82) is 0 Å². The number of aryl methyl sites for hydroxylation is 1. The lowest BCUT2D eigenvalue weighted by Gasteiger charge is -2.12. The number of nitrogens with zero attached hydrogens (tertiary/aromatic N) is 1. The number of para-hydroxylation sites is 1. The van der Waals surface area contributed by atoms with Crippen molar-refractivity contribution in [2.24, 2.45) is 5.10 Å². The summed E-state index contributed by atoms with van der Waals surface area (Å²) in [5.74, 6) is -0.540. The maximum atomic E-state index is 12.2. The van der Waals surface area contributed by atoms with Crippen LogP contribution in [-0.2, 0) is 22.6 Å². The van der Waals surface area contributed by atoms with Gasteiger partial charge in [-0.15, -0.1) is 0 Å². The summed E-state index contributed by atoms with van der Waals surface area (Å²) in [6.07, 6.45) is 2.16. The summed E-state index contributed by atoms with van der Waals surface area (Å²) in [7, 11) is 0. The van der Waals surface area contributed by atoms with Crippen LogP contribution in [0.2, 0.25) is 5.02 Å². The molecular formula is C26H26ClN3O4. The standard InChI is InChI=1S/C26H26ClN3O4/c1-3-20-7-5-6-8-22(20)29-25(31)26(32)30-28-16-19-11-14-23(24(15-19)33-4-2)34-17-18-9-12-21(27)13-10-18/h5-16H,3-4,17H2,1-2H3,(H,29,31)(H,30,32)/b28-16-. The van der Waals surface area contributed by atoms with E-state index < -0.39 is 11.8 Å². The topological polar surface area (TPSA) is 89.0 Å². The zero-order valence-corrected chi connectivity index (χ0v) is 19.8. The van der Waals surface area contributed by atoms with E-state index in [1.54, 1.807) is 42.5 Å². The third-order valence-corrected chi connectivity index (χ3v) is 5.06. The lowest BCUT2D eigenvalue weighted by atomic mass is 10.1. The fraction of sp³-hybridized carbons (Fsp3) is 0.192. The maximum absolute atomic E-state index is 12.2. The summed E-state index contributed by atoms with van der Waals surface area (Å²) in [6.45, 7) is 4.66. The molecule has 3 rings (SSSR count). The second-order valence-corrected chi connectivity index (χ2v) is 7.65. The van der Waals surface area contributed by atoms with Crippen molar-refractivity contribution < 1.29 is 19.1 Å². The maximum Gasteiger partial charge on any atom is 0.329 e. The first-order chi connectivity index (χ1) is 16.5. The number of hydrogen-bond donors (Lipinski definition) is 2. The Labute approximate surface area is 203 Å². The molecular weight excluding hydrogens is 454 g/mol. The molecule has 0 saturated heterocycles. The van der Waals surface area contributed by atoms with Crippen LogP contribution in [0, 0.1) is 0 Å². The Morgan fingerprint density at radius 2 is 1.71 bits per heavy atom. The van der Waals surface area contributed by atoms with Crippen LogP contribution in [0.5, 0.6) is 11.5 Å². The molecule has 0 aromatic heterocycles. The smallest absolute Gasteiger partial charge is 0.329 e. The highest BCUT2D eigenvalue weighted by Crippen LogP contribution is 2.29. The molecule has 34 heavy (non-hydrogen) atoms. The molecule has 0 fully saturated rings. The van der Waals surface area contributed by atoms with Crippen LogP contribution >= 0.6 is 11.6 Å². The number of rotatable bonds is 9. The number of nitrogens with one attached hydrogen (secondary N) is 2. The number of carbonyl (C=O) groups is 2. The van der Waals surface area contributed by atoms with E-state index >= 15 is 0 Å². The van der Waals surface area contributed by atoms with E-state index in [0.717, 1.165) is 17.5 Å². The average molecular weight is 480 g/mol. The predicted octanol–water partition coefficient (Wildman–Crippen LogP) is 4.97. The summed E-state index contributed by atoms with van der Waals surface area (Å²) in [6, 6.07) is 20.0. The van der Waals surface area contributed by atoms with Crippen molar-refractivity contribution in [2.75, 3.05) is 11.9 Å². The third kappa shape index (κ3) is 7.08. The van der Waals surface area contributed by atoms with Gasteiger partial charge >= 0.3 is 11.8 Å². The van der Waals surface area contributed by atoms with E-state index in [1.165, 1.54) is 6.21 Å². The fourth-order valence-corrected chi connectivity index (χ4v) is 3.21. The number of amides is 2. The monoisotopic (exact) mass is 479 g/mol. The fourth-order valence-electron chi connectivity index (χ4n) is 3.08. The molecule has 176 valence electrons. The van der Waals surface area contributed by atoms with E-state index in [1.807, 2.05) is 38.1 Å². The summed E-state index contributed by atoms with van der Waals surface area (Å²) < 4.78 is 11.6. The lowest BCUT2D eigenvalue weighted by Crippen LogP contribution is -2.32. The molecule has 2 N–H and O–H groups in total. The van der Waals surface area contributed by atoms with Gasteiger partial charge in [-0.3, -0.25) is 9.59 Å². The number of hydrazone groups is 1. The minimum atomic E-state index is -0.866. The van der Waals surface area contributed by atoms with Crippen LogP contribution in [0.25, 0.3) is 0 Å². The molecule has 3 aromatic rings. The predicted molar refractivity (Wildman–Crippen MR) is 134 cm³/mol. The van der Waals surface area contributed by atoms with Gasteiger partial charge in [-0.05, 0) is 66.4 Å². The Morgan fingerprint density at radius 3 is 2.44 bits per heavy atom. The van der Waals surface area contributed by atoms with Crippen molar-refractivity contribution in [3.8, 4) is 11.5 Å². The van der Waals surface area contributed by atoms with Gasteiger partial charge in [0.2, 0.25) is 0 Å². The third-order valence-electron chi connectivity index (χ3n) is 4.81. The lowest BCUT2D eigenvalue weighted by molar-refractivity contribution is -0.136. The zero-order valence-electron chi connectivity index (χ0n) is 19.0. The van der Waals surface area contributed by atoms with Gasteiger partial charge in [0.15, 0.2) is 11.5 Å². The minimum absolute atomic E-state index is 0.358. The Balaban J connectivity index is 1.60. The van der Waals surface area contributed by atoms with Crippen LogP contribution in [0.4, 0.5) is 5.69 Å². The van der Waals surface area contributed by atoms with Crippen molar-refractivity contribution >= 4 is 35.3 Å². The van der Waals surface area contributed by atoms with Crippen LogP contribution in [-0.4, -0.2) is 24.6 Å². The molecule has 0 aliphatic rings. The first-order valence-corrected chi connectivity index (χ1v) is 11.2. The first-order valence-electron chi connectivity index (χ1n) is 10.9. The van der Waals surface area contributed by atoms with Crippen LogP contribution in [0.15, 0.2) is 71.8 Å². The SMILES string of the molecule is CCOc1cc(/C=N\NC(=O)C(=O)Nc2ccccc2CC)ccc1OCc1ccc(Cl)cc1. The Morgan fingerprint density at radius 1 is 0.941 bits per heavy atom. The molecule has 7 nitrogen and oxygen atoms in total. The van der Waals surface area contributed by atoms with Crippen molar-refractivity contribution in [3.63, 3.8) is 0 Å². The van der Waals surface area contributed by atoms with E-state index in [2.05, 4.69) is 15.8 Å². The summed E-state index contributed by atoms with van der Waals surface area (Å²) in [4.78, 5) is 24.3. The second kappa shape index (κ2) is 12.4. The number of carbonyl (C=O) groups excluding carboxylic acids is 2. The summed E-state index contributed by atoms with van der Waals surface area (Å²) >= 11 is 5.92. The van der Waals surface area contributed by atoms with E-state index in [-0.39, 0.29) is 0 Å². The highest BCUT2D eigenvalue weighted by atomic mass is 35.5. The molecule has 2 amide bonds. The van der Waals surface area contributed by atoms with Gasteiger partial charge in [0.1, 0.15) is 6.61 Å². The average Bonchev–Trinajstić information content (AvgIpc) is 2.85. The Bertz CT molecular complexity index is 1160. The van der Waals surface area contributed by atoms with Crippen molar-refractivity contribution in [3.05, 3.63) is 88.4 Å². The van der Waals surface area contributed by atoms with Gasteiger partial charge in [-0.1, -0.05) is 48.9 Å². The normalized spacial score (nSPS) is 10.7. The molecule has 8 heteroatoms. The van der Waals surface area contributed by atoms with Gasteiger partial charge in [0.05, 0.1) is 12.8 Å². The molecule has 0 radical (unpaired) electrons. The highest BCUT2D eigenvalue weighted by molar-refractivity contribution is 6.39. The van der Waals surface area contributed by atoms with Crippen LogP contribution < -0.4 is 20.2 Å². The quantitative estimate of drug-likeness (QED) is 0.257. The molecule has 0 atom stereocenters. The number of benzene rings is 3. The van der Waals surface area contributed by atoms with E-state index in [4.69, 9.17) is 21.1 Å². The molecule has 0 bridgehead atoms. The Kier molecular flexibility index (Phi) is 9.05. The van der Waals surface area contributed by atoms with Crippen molar-refractivity contribution in [1.82, 2.24) is 5.43 Å². The second-order valence-electron chi connectivity index (χ2n) is 7.22. The van der Waals surface area contributed by atoms with Gasteiger partial charge in [-0.25, -0.2) is 5.43 Å². The first kappa shape index (κ1) is 24.8. The van der Waals surface area contributed by atoms with E-state index in [0.29, 0.717) is 41.0 Å². The molecule has 0 spiro atoms. The van der Waals surface area contributed by atoms with Gasteiger partial charge in [-0.2, -0.15) is 5.10 Å². The number of anilines is 1. The minimum Gasteiger partial charge on any atom is -0.490 e. The van der Waals surface area contributed by atoms with Gasteiger partial charge < -0.3 is 14.8 Å². The largest absolute Gasteiger partial charge is 0.490 e. The molecule has 0 heterocycles. The van der Waals surface area contributed by atoms with Crippen LogP contribution in [0.3, 0.4) is 0 Å². The number of halogens is 1. The van der Waals surface area contributed by atoms with Gasteiger partial charge in [0.25, 0.3) is 0 Å². The molecule has 0 aliphatic carbocycles. The van der Waals surface area contributed by atoms with Crippen LogP contribution in [0.1, 0.15) is 30.5 Å². The molecule has 0 unspecified atom stereocenters. The number of ether oxygens (including phenoxy) is 2. The number of hydrogen-bond acceptors (Lipinski definition) is 5. The van der Waals surface area contributed by atoms with Crippen molar-refractivity contribution in [2.45, 2.75) is 26.9 Å². The summed E-state index contributed by atoms with van der Waals surface area (Å²) in [5.41, 5.74) is 5.42. The zero-order chi connectivity index (χ0) is 24.3. The van der Waals surface area contributed by atoms with Gasteiger partial charge in [0, 0.05) is 10.7 Å². The molecule has 0 aliphatic heterocycles. The van der Waals surface area contributed by atoms with E-state index in [9.17, 15) is 9.59 Å². The summed E-state index contributed by atoms with van der Waals surface area (Å²) in [5, 5.41) is 7.15.